The minimum atomic E-state index is -5.20. The maximum Gasteiger partial charge on any atom is 0.490 e. The lowest BCUT2D eigenvalue weighted by atomic mass is 9.87. The van der Waals surface area contributed by atoms with Gasteiger partial charge in [0.15, 0.2) is 6.23 Å². The fraction of sp³-hybridized carbons (Fsp3) is 0.478. The first-order valence-corrected chi connectivity index (χ1v) is 11.5. The van der Waals surface area contributed by atoms with E-state index in [0.717, 1.165) is 11.3 Å². The molecule has 1 fully saturated rings. The normalized spacial score (nSPS) is 18.7. The summed E-state index contributed by atoms with van der Waals surface area (Å²) < 4.78 is 55.3. The first kappa shape index (κ1) is 26.0. The van der Waals surface area contributed by atoms with E-state index in [1.54, 1.807) is 24.0 Å². The van der Waals surface area contributed by atoms with Crippen LogP contribution in [0.4, 0.5) is 19.0 Å². The predicted octanol–water partition coefficient (Wildman–Crippen LogP) is 4.62. The van der Waals surface area contributed by atoms with Gasteiger partial charge in [-0.25, -0.2) is 4.79 Å². The molecule has 36 heavy (non-hydrogen) atoms. The molecule has 0 bridgehead atoms. The molecule has 3 heterocycles. The highest BCUT2D eigenvalue weighted by Gasteiger charge is 2.47. The van der Waals surface area contributed by atoms with Crippen LogP contribution in [-0.4, -0.2) is 58.0 Å². The van der Waals surface area contributed by atoms with E-state index in [-0.39, 0.29) is 5.75 Å². The topological polar surface area (TPSA) is 104 Å². The quantitative estimate of drug-likeness (QED) is 0.303. The van der Waals surface area contributed by atoms with Crippen molar-refractivity contribution in [2.24, 2.45) is 0 Å². The van der Waals surface area contributed by atoms with Crippen LogP contribution in [0.25, 0.3) is 0 Å². The lowest BCUT2D eigenvalue weighted by Gasteiger charge is -2.42. The van der Waals surface area contributed by atoms with E-state index in [1.165, 1.54) is 19.1 Å². The van der Waals surface area contributed by atoms with E-state index in [2.05, 4.69) is 9.72 Å². The van der Waals surface area contributed by atoms with Gasteiger partial charge in [-0.15, -0.1) is 0 Å². The van der Waals surface area contributed by atoms with E-state index in [1.807, 2.05) is 6.07 Å². The summed E-state index contributed by atoms with van der Waals surface area (Å²) >= 11 is 6.09. The molecular formula is C23H23ClF3N3O6. The molecule has 2 aliphatic heterocycles. The summed E-state index contributed by atoms with van der Waals surface area (Å²) in [5, 5.41) is 12.1. The van der Waals surface area contributed by atoms with Crippen LogP contribution in [0.3, 0.4) is 0 Å². The molecule has 1 aromatic carbocycles. The van der Waals surface area contributed by atoms with Crippen molar-refractivity contribution in [3.63, 3.8) is 0 Å². The minimum Gasteiger partial charge on any atom is -0.487 e. The van der Waals surface area contributed by atoms with Crippen LogP contribution < -0.4 is 9.47 Å². The molecule has 2 aliphatic rings. The highest BCUT2D eigenvalue weighted by molar-refractivity contribution is 6.30. The van der Waals surface area contributed by atoms with E-state index in [9.17, 15) is 28.1 Å². The van der Waals surface area contributed by atoms with Gasteiger partial charge in [0.2, 0.25) is 5.75 Å². The maximum atomic E-state index is 12.9. The number of carbonyl (C=O) groups is 1. The van der Waals surface area contributed by atoms with Crippen LogP contribution in [0, 0.1) is 17.0 Å². The van der Waals surface area contributed by atoms with Crippen molar-refractivity contribution in [1.82, 2.24) is 9.88 Å². The number of alkyl halides is 3. The Hall–Kier alpha value is -3.12. The molecule has 9 nitrogen and oxygen atoms in total. The summed E-state index contributed by atoms with van der Waals surface area (Å²) in [6, 6.07) is 8.17. The van der Waals surface area contributed by atoms with E-state index < -0.39 is 40.8 Å². The number of hydrogen-bond acceptors (Lipinski definition) is 8. The Bertz CT molecular complexity index is 1170. The lowest BCUT2D eigenvalue weighted by Crippen LogP contribution is -2.56. The Morgan fingerprint density at radius 2 is 1.97 bits per heavy atom. The number of nitro groups is 1. The Morgan fingerprint density at radius 1 is 1.28 bits per heavy atom. The molecular weight excluding hydrogens is 507 g/mol. The van der Waals surface area contributed by atoms with Crippen LogP contribution in [0.2, 0.25) is 5.02 Å². The highest BCUT2D eigenvalue weighted by atomic mass is 35.5. The Balaban J connectivity index is 1.55. The number of fused-ring (bicyclic) bond motifs is 1. The molecule has 1 saturated heterocycles. The summed E-state index contributed by atoms with van der Waals surface area (Å²) in [6.45, 7) is 3.43. The number of pyridine rings is 1. The van der Waals surface area contributed by atoms with Crippen LogP contribution in [0.1, 0.15) is 31.0 Å². The SMILES string of the molecule is Cc1ccc(OC(C(C)OC(=O)C(F)(F)F)N2CCC3(CC2)Cc2cc(Cl)ccc2O3)c([N+](=O)[O-])n1. The fourth-order valence-corrected chi connectivity index (χ4v) is 4.71. The first-order valence-electron chi connectivity index (χ1n) is 11.1. The average Bonchev–Trinajstić information content (AvgIpc) is 3.14. The monoisotopic (exact) mass is 529 g/mol. The number of carbonyl (C=O) groups excluding carboxylic acids is 1. The number of aromatic nitrogens is 1. The van der Waals surface area contributed by atoms with Crippen molar-refractivity contribution < 1.29 is 37.1 Å². The average molecular weight is 530 g/mol. The summed E-state index contributed by atoms with van der Waals surface area (Å²) in [7, 11) is 0. The fourth-order valence-electron chi connectivity index (χ4n) is 4.51. The molecule has 0 aliphatic carbocycles. The minimum absolute atomic E-state index is 0.245. The number of hydrogen-bond donors (Lipinski definition) is 0. The van der Waals surface area contributed by atoms with E-state index >= 15 is 0 Å². The van der Waals surface area contributed by atoms with Gasteiger partial charge in [-0.3, -0.25) is 4.90 Å². The molecule has 2 aromatic rings. The number of ether oxygens (including phenoxy) is 3. The zero-order chi connectivity index (χ0) is 26.3. The summed E-state index contributed by atoms with van der Waals surface area (Å²) in [6.07, 6.45) is -6.24. The number of aryl methyl sites for hydroxylation is 1. The standard InChI is InChI=1S/C23H23ClF3N3O6/c1-13-3-5-18(19(28-13)30(32)33)35-20(14(2)34-21(31)23(25,26)27)29-9-7-22(8-10-29)12-15-11-16(24)4-6-17(15)36-22/h3-6,11,14,20H,7-10,12H2,1-2H3. The van der Waals surface area contributed by atoms with Gasteiger partial charge in [0.1, 0.15) is 23.1 Å². The summed E-state index contributed by atoms with van der Waals surface area (Å²) in [4.78, 5) is 27.8. The second-order valence-electron chi connectivity index (χ2n) is 8.90. The number of esters is 1. The molecule has 13 heteroatoms. The zero-order valence-electron chi connectivity index (χ0n) is 19.4. The molecule has 0 N–H and O–H groups in total. The molecule has 2 atom stereocenters. The van der Waals surface area contributed by atoms with Gasteiger partial charge in [0.05, 0.1) is 0 Å². The van der Waals surface area contributed by atoms with Crippen molar-refractivity contribution in [3.05, 3.63) is 56.7 Å². The van der Waals surface area contributed by atoms with Gasteiger partial charge in [-0.05, 0) is 52.7 Å². The second kappa shape index (κ2) is 9.74. The number of nitrogens with zero attached hydrogens (tertiary/aromatic N) is 3. The van der Waals surface area contributed by atoms with Crippen LogP contribution in [0.15, 0.2) is 30.3 Å². The third kappa shape index (κ3) is 5.49. The molecule has 0 radical (unpaired) electrons. The van der Waals surface area contributed by atoms with Gasteiger partial charge >= 0.3 is 18.0 Å². The molecule has 0 amide bonds. The van der Waals surface area contributed by atoms with Gasteiger partial charge in [-0.2, -0.15) is 13.2 Å². The lowest BCUT2D eigenvalue weighted by molar-refractivity contribution is -0.391. The maximum absolute atomic E-state index is 12.9. The van der Waals surface area contributed by atoms with Gasteiger partial charge < -0.3 is 24.3 Å². The van der Waals surface area contributed by atoms with Crippen molar-refractivity contribution in [2.45, 2.75) is 57.2 Å². The number of rotatable bonds is 6. The number of likely N-dealkylation sites (tertiary alicyclic amines) is 1. The van der Waals surface area contributed by atoms with Crippen molar-refractivity contribution in [1.29, 1.82) is 0 Å². The Labute approximate surface area is 209 Å². The Kier molecular flexibility index (Phi) is 7.02. The van der Waals surface area contributed by atoms with Crippen LogP contribution in [0.5, 0.6) is 11.5 Å². The molecule has 194 valence electrons. The number of halogens is 4. The Morgan fingerprint density at radius 3 is 2.61 bits per heavy atom. The largest absolute Gasteiger partial charge is 0.490 e. The third-order valence-electron chi connectivity index (χ3n) is 6.26. The van der Waals surface area contributed by atoms with Gasteiger partial charge in [0, 0.05) is 44.3 Å². The second-order valence-corrected chi connectivity index (χ2v) is 9.33. The van der Waals surface area contributed by atoms with Crippen LogP contribution >= 0.6 is 11.6 Å². The number of piperidine rings is 1. The molecule has 1 spiro atoms. The number of benzene rings is 1. The van der Waals surface area contributed by atoms with Crippen molar-refractivity contribution in [3.8, 4) is 11.5 Å². The van der Waals surface area contributed by atoms with Gasteiger partial charge in [-0.1, -0.05) is 11.6 Å². The summed E-state index contributed by atoms with van der Waals surface area (Å²) in [5.74, 6) is -2.48. The molecule has 4 rings (SSSR count). The molecule has 0 saturated carbocycles. The molecule has 1 aromatic heterocycles. The smallest absolute Gasteiger partial charge is 0.487 e. The summed E-state index contributed by atoms with van der Waals surface area (Å²) in [5.41, 5.74) is 0.815. The third-order valence-corrected chi connectivity index (χ3v) is 6.49. The highest BCUT2D eigenvalue weighted by Crippen LogP contribution is 2.42. The van der Waals surface area contributed by atoms with Gasteiger partial charge in [0.25, 0.3) is 0 Å². The van der Waals surface area contributed by atoms with Crippen LogP contribution in [-0.2, 0) is 16.0 Å². The van der Waals surface area contributed by atoms with Crippen molar-refractivity contribution >= 4 is 23.4 Å². The zero-order valence-corrected chi connectivity index (χ0v) is 20.1. The van der Waals surface area contributed by atoms with E-state index in [4.69, 9.17) is 21.1 Å². The molecule has 2 unspecified atom stereocenters. The van der Waals surface area contributed by atoms with Crippen molar-refractivity contribution in [2.75, 3.05) is 13.1 Å². The predicted molar refractivity (Wildman–Crippen MR) is 121 cm³/mol. The first-order chi connectivity index (χ1) is 16.9. The van der Waals surface area contributed by atoms with E-state index in [0.29, 0.717) is 43.1 Å².